The molecule has 0 fully saturated rings. The van der Waals surface area contributed by atoms with E-state index in [9.17, 15) is 9.90 Å². The summed E-state index contributed by atoms with van der Waals surface area (Å²) in [4.78, 5) is 12.3. The quantitative estimate of drug-likeness (QED) is 0.772. The van der Waals surface area contributed by atoms with Gasteiger partial charge in [-0.25, -0.2) is 0 Å². The van der Waals surface area contributed by atoms with Crippen LogP contribution in [0.1, 0.15) is 30.9 Å². The van der Waals surface area contributed by atoms with E-state index < -0.39 is 5.60 Å². The van der Waals surface area contributed by atoms with Crippen molar-refractivity contribution in [2.24, 2.45) is 0 Å². The molecule has 22 heavy (non-hydrogen) atoms. The van der Waals surface area contributed by atoms with Gasteiger partial charge in [-0.3, -0.25) is 4.79 Å². The van der Waals surface area contributed by atoms with Crippen molar-refractivity contribution >= 4 is 5.91 Å². The number of carbonyl (C=O) groups is 1. The van der Waals surface area contributed by atoms with E-state index in [-0.39, 0.29) is 5.91 Å². The van der Waals surface area contributed by atoms with Gasteiger partial charge in [-0.1, -0.05) is 67.6 Å². The van der Waals surface area contributed by atoms with Crippen LogP contribution in [0.25, 0.3) is 0 Å². The van der Waals surface area contributed by atoms with E-state index in [1.165, 1.54) is 5.56 Å². The largest absolute Gasteiger partial charge is 0.375 e. The van der Waals surface area contributed by atoms with Crippen molar-refractivity contribution in [3.05, 3.63) is 71.8 Å². The molecule has 0 aliphatic carbocycles. The van der Waals surface area contributed by atoms with Gasteiger partial charge in [0, 0.05) is 6.54 Å². The zero-order valence-corrected chi connectivity index (χ0v) is 13.0. The molecule has 0 unspecified atom stereocenters. The van der Waals surface area contributed by atoms with E-state index in [1.54, 1.807) is 12.1 Å². The van der Waals surface area contributed by atoms with E-state index in [0.29, 0.717) is 18.5 Å². The van der Waals surface area contributed by atoms with E-state index in [0.717, 1.165) is 12.8 Å². The number of nitrogens with one attached hydrogen (secondary N) is 1. The zero-order valence-electron chi connectivity index (χ0n) is 13.0. The van der Waals surface area contributed by atoms with E-state index in [2.05, 4.69) is 17.4 Å². The van der Waals surface area contributed by atoms with Crippen LogP contribution < -0.4 is 5.32 Å². The molecule has 116 valence electrons. The Morgan fingerprint density at radius 3 is 2.23 bits per heavy atom. The van der Waals surface area contributed by atoms with Crippen molar-refractivity contribution < 1.29 is 9.90 Å². The van der Waals surface area contributed by atoms with Gasteiger partial charge in [0.25, 0.3) is 5.91 Å². The summed E-state index contributed by atoms with van der Waals surface area (Å²) in [5.74, 6) is -0.325. The Kier molecular flexibility index (Phi) is 5.73. The molecule has 3 nitrogen and oxygen atoms in total. The van der Waals surface area contributed by atoms with Gasteiger partial charge in [0.2, 0.25) is 0 Å². The number of benzene rings is 2. The second-order valence-corrected chi connectivity index (χ2v) is 5.42. The van der Waals surface area contributed by atoms with Crippen LogP contribution in [0, 0.1) is 0 Å². The Hall–Kier alpha value is -2.13. The fourth-order valence-electron chi connectivity index (χ4n) is 2.49. The Morgan fingerprint density at radius 2 is 1.64 bits per heavy atom. The lowest BCUT2D eigenvalue weighted by Gasteiger charge is -2.26. The number of carbonyl (C=O) groups excluding carboxylic acids is 1. The normalized spacial score (nSPS) is 13.4. The third-order valence-corrected chi connectivity index (χ3v) is 3.91. The molecule has 0 aromatic heterocycles. The molecule has 2 aromatic rings. The summed E-state index contributed by atoms with van der Waals surface area (Å²) in [6, 6.07) is 19.3. The minimum Gasteiger partial charge on any atom is -0.375 e. The van der Waals surface area contributed by atoms with Crippen molar-refractivity contribution in [2.45, 2.75) is 31.8 Å². The van der Waals surface area contributed by atoms with Crippen LogP contribution in [0.4, 0.5) is 0 Å². The summed E-state index contributed by atoms with van der Waals surface area (Å²) >= 11 is 0. The molecule has 2 aromatic carbocycles. The molecule has 0 radical (unpaired) electrons. The highest BCUT2D eigenvalue weighted by Crippen LogP contribution is 2.24. The molecule has 2 rings (SSSR count). The second kappa shape index (κ2) is 7.76. The predicted octanol–water partition coefficient (Wildman–Crippen LogP) is 3.03. The number of hydrogen-bond donors (Lipinski definition) is 2. The standard InChI is InChI=1S/C19H23NO2/c1-2-19(22,17-13-7-4-8-14-17)18(21)20-15-9-12-16-10-5-3-6-11-16/h3-8,10-11,13-14,22H,2,9,12,15H2,1H3,(H,20,21)/t19-/m0/s1. The Labute approximate surface area is 132 Å². The molecule has 0 bridgehead atoms. The zero-order chi connectivity index (χ0) is 15.8. The second-order valence-electron chi connectivity index (χ2n) is 5.42. The van der Waals surface area contributed by atoms with Crippen molar-refractivity contribution in [3.63, 3.8) is 0 Å². The lowest BCUT2D eigenvalue weighted by molar-refractivity contribution is -0.141. The summed E-state index contributed by atoms with van der Waals surface area (Å²) in [5.41, 5.74) is 0.442. The minimum atomic E-state index is -1.45. The summed E-state index contributed by atoms with van der Waals surface area (Å²) in [5, 5.41) is 13.5. The Bertz CT molecular complexity index is 583. The van der Waals surface area contributed by atoms with Crippen molar-refractivity contribution in [1.29, 1.82) is 0 Å². The molecule has 3 heteroatoms. The van der Waals surface area contributed by atoms with Gasteiger partial charge in [0.15, 0.2) is 5.60 Å². The van der Waals surface area contributed by atoms with Gasteiger partial charge in [0.05, 0.1) is 0 Å². The lowest BCUT2D eigenvalue weighted by Crippen LogP contribution is -2.44. The number of aryl methyl sites for hydroxylation is 1. The molecule has 2 N–H and O–H groups in total. The summed E-state index contributed by atoms with van der Waals surface area (Å²) in [6.45, 7) is 2.37. The maximum absolute atomic E-state index is 12.3. The van der Waals surface area contributed by atoms with Crippen LogP contribution in [-0.2, 0) is 16.8 Å². The first-order chi connectivity index (χ1) is 10.7. The lowest BCUT2D eigenvalue weighted by atomic mass is 9.90. The molecule has 0 aliphatic heterocycles. The molecular weight excluding hydrogens is 274 g/mol. The third-order valence-electron chi connectivity index (χ3n) is 3.91. The minimum absolute atomic E-state index is 0.325. The molecule has 0 heterocycles. The van der Waals surface area contributed by atoms with Gasteiger partial charge in [-0.15, -0.1) is 0 Å². The molecule has 0 spiro atoms. The fourth-order valence-corrected chi connectivity index (χ4v) is 2.49. The van der Waals surface area contributed by atoms with Crippen LogP contribution >= 0.6 is 0 Å². The van der Waals surface area contributed by atoms with Crippen molar-refractivity contribution in [1.82, 2.24) is 5.32 Å². The summed E-state index contributed by atoms with van der Waals surface area (Å²) in [6.07, 6.45) is 2.11. The van der Waals surface area contributed by atoms with Crippen molar-refractivity contribution in [2.75, 3.05) is 6.54 Å². The summed E-state index contributed by atoms with van der Waals surface area (Å²) in [7, 11) is 0. The maximum Gasteiger partial charge on any atom is 0.256 e. The number of aliphatic hydroxyl groups is 1. The average molecular weight is 297 g/mol. The van der Waals surface area contributed by atoms with Crippen LogP contribution in [0.15, 0.2) is 60.7 Å². The fraction of sp³-hybridized carbons (Fsp3) is 0.316. The Balaban J connectivity index is 1.88. The average Bonchev–Trinajstić information content (AvgIpc) is 2.59. The maximum atomic E-state index is 12.3. The Morgan fingerprint density at radius 1 is 1.05 bits per heavy atom. The molecule has 1 amide bonds. The number of amides is 1. The van der Waals surface area contributed by atoms with Crippen LogP contribution in [0.2, 0.25) is 0 Å². The van der Waals surface area contributed by atoms with Gasteiger partial charge in [0.1, 0.15) is 0 Å². The van der Waals surface area contributed by atoms with Crippen LogP contribution in [0.5, 0.6) is 0 Å². The first kappa shape index (κ1) is 16.2. The first-order valence-electron chi connectivity index (χ1n) is 7.77. The smallest absolute Gasteiger partial charge is 0.256 e. The number of rotatable bonds is 7. The molecule has 0 saturated carbocycles. The van der Waals surface area contributed by atoms with E-state index >= 15 is 0 Å². The van der Waals surface area contributed by atoms with Crippen LogP contribution in [-0.4, -0.2) is 17.6 Å². The molecular formula is C19H23NO2. The first-order valence-corrected chi connectivity index (χ1v) is 7.77. The highest BCUT2D eigenvalue weighted by Gasteiger charge is 2.35. The number of hydrogen-bond acceptors (Lipinski definition) is 2. The van der Waals surface area contributed by atoms with Crippen LogP contribution in [0.3, 0.4) is 0 Å². The SMILES string of the molecule is CC[C@@](O)(C(=O)NCCCc1ccccc1)c1ccccc1. The van der Waals surface area contributed by atoms with Gasteiger partial charge in [-0.2, -0.15) is 0 Å². The van der Waals surface area contributed by atoms with Gasteiger partial charge in [-0.05, 0) is 30.4 Å². The molecule has 1 atom stereocenters. The van der Waals surface area contributed by atoms with Crippen molar-refractivity contribution in [3.8, 4) is 0 Å². The monoisotopic (exact) mass is 297 g/mol. The molecule has 0 saturated heterocycles. The van der Waals surface area contributed by atoms with E-state index in [1.807, 2.05) is 43.3 Å². The van der Waals surface area contributed by atoms with Gasteiger partial charge >= 0.3 is 0 Å². The third kappa shape index (κ3) is 3.95. The van der Waals surface area contributed by atoms with Gasteiger partial charge < -0.3 is 10.4 Å². The highest BCUT2D eigenvalue weighted by molar-refractivity contribution is 5.86. The topological polar surface area (TPSA) is 49.3 Å². The predicted molar refractivity (Wildman–Crippen MR) is 88.4 cm³/mol. The highest BCUT2D eigenvalue weighted by atomic mass is 16.3. The summed E-state index contributed by atoms with van der Waals surface area (Å²) < 4.78 is 0. The van der Waals surface area contributed by atoms with E-state index in [4.69, 9.17) is 0 Å². The molecule has 0 aliphatic rings.